The Morgan fingerprint density at radius 3 is 2.16 bits per heavy atom. The zero-order chi connectivity index (χ0) is 22.1. The van der Waals surface area contributed by atoms with Gasteiger partial charge in [0.15, 0.2) is 6.10 Å². The van der Waals surface area contributed by atoms with Crippen molar-refractivity contribution in [2.24, 2.45) is 0 Å². The van der Waals surface area contributed by atoms with Gasteiger partial charge >= 0.3 is 5.97 Å². The smallest absolute Gasteiger partial charge is 0.338 e. The Hall–Kier alpha value is -3.58. The zero-order valence-corrected chi connectivity index (χ0v) is 18.0. The number of amides is 2. The standard InChI is InChI=1S/C24H16BrNO5/c1-14(21(27)15-5-3-2-4-6-15)31-24(30)16-7-12-19-20(13-16)23(29)26(22(19)28)18-10-8-17(25)9-11-18/h2-14H,1H3/t14-/m0/s1. The number of carbonyl (C=O) groups excluding carboxylic acids is 4. The van der Waals surface area contributed by atoms with Crippen molar-refractivity contribution in [1.29, 1.82) is 0 Å². The maximum Gasteiger partial charge on any atom is 0.338 e. The second-order valence-electron chi connectivity index (χ2n) is 6.96. The van der Waals surface area contributed by atoms with Gasteiger partial charge < -0.3 is 4.74 Å². The molecule has 0 saturated heterocycles. The fourth-order valence-corrected chi connectivity index (χ4v) is 3.58. The van der Waals surface area contributed by atoms with E-state index in [1.54, 1.807) is 54.6 Å². The number of Topliss-reactive ketones (excluding diaryl/α,β-unsaturated/α-hetero) is 1. The lowest BCUT2D eigenvalue weighted by atomic mass is 10.1. The molecule has 1 aliphatic rings. The average Bonchev–Trinajstić information content (AvgIpc) is 3.04. The molecule has 1 aliphatic heterocycles. The van der Waals surface area contributed by atoms with Gasteiger partial charge in [-0.2, -0.15) is 0 Å². The molecule has 3 aromatic rings. The summed E-state index contributed by atoms with van der Waals surface area (Å²) in [5.74, 6) is -2.06. The van der Waals surface area contributed by atoms with Crippen LogP contribution in [0.3, 0.4) is 0 Å². The van der Waals surface area contributed by atoms with Crippen LogP contribution in [-0.2, 0) is 4.74 Å². The molecule has 0 unspecified atom stereocenters. The maximum absolute atomic E-state index is 12.9. The maximum atomic E-state index is 12.9. The first-order valence-corrected chi connectivity index (χ1v) is 10.2. The Balaban J connectivity index is 1.55. The van der Waals surface area contributed by atoms with E-state index >= 15 is 0 Å². The van der Waals surface area contributed by atoms with Crippen molar-refractivity contribution >= 4 is 45.2 Å². The van der Waals surface area contributed by atoms with Gasteiger partial charge in [0.05, 0.1) is 22.4 Å². The highest BCUT2D eigenvalue weighted by molar-refractivity contribution is 9.10. The number of benzene rings is 3. The Kier molecular flexibility index (Phi) is 5.52. The van der Waals surface area contributed by atoms with Gasteiger partial charge in [-0.05, 0) is 49.4 Å². The number of esters is 1. The number of ether oxygens (including phenoxy) is 1. The Morgan fingerprint density at radius 1 is 0.839 bits per heavy atom. The molecule has 154 valence electrons. The fraction of sp³-hybridized carbons (Fsp3) is 0.0833. The van der Waals surface area contributed by atoms with Gasteiger partial charge in [-0.25, -0.2) is 9.69 Å². The number of imide groups is 1. The fourth-order valence-electron chi connectivity index (χ4n) is 3.31. The van der Waals surface area contributed by atoms with Gasteiger partial charge in [-0.1, -0.05) is 46.3 Å². The van der Waals surface area contributed by atoms with E-state index < -0.39 is 23.9 Å². The summed E-state index contributed by atoms with van der Waals surface area (Å²) in [5, 5.41) is 0. The van der Waals surface area contributed by atoms with Crippen LogP contribution in [0.5, 0.6) is 0 Å². The Bertz CT molecular complexity index is 1200. The minimum Gasteiger partial charge on any atom is -0.451 e. The number of carbonyl (C=O) groups is 4. The van der Waals surface area contributed by atoms with Crippen LogP contribution in [-0.4, -0.2) is 29.7 Å². The minimum absolute atomic E-state index is 0.0882. The number of hydrogen-bond donors (Lipinski definition) is 0. The molecular formula is C24H16BrNO5. The third-order valence-electron chi connectivity index (χ3n) is 4.92. The minimum atomic E-state index is -1.00. The molecule has 0 fully saturated rings. The SMILES string of the molecule is C[C@H](OC(=O)c1ccc2c(c1)C(=O)N(c1ccc(Br)cc1)C2=O)C(=O)c1ccccc1. The highest BCUT2D eigenvalue weighted by Crippen LogP contribution is 2.30. The topological polar surface area (TPSA) is 80.8 Å². The summed E-state index contributed by atoms with van der Waals surface area (Å²) < 4.78 is 6.11. The number of halogens is 1. The Labute approximate surface area is 186 Å². The molecular weight excluding hydrogens is 462 g/mol. The molecule has 31 heavy (non-hydrogen) atoms. The van der Waals surface area contributed by atoms with Crippen LogP contribution in [0.4, 0.5) is 5.69 Å². The number of nitrogens with zero attached hydrogens (tertiary/aromatic N) is 1. The Morgan fingerprint density at radius 2 is 1.48 bits per heavy atom. The molecule has 0 N–H and O–H groups in total. The predicted octanol–water partition coefficient (Wildman–Crippen LogP) is 4.68. The van der Waals surface area contributed by atoms with Crippen molar-refractivity contribution in [2.75, 3.05) is 4.90 Å². The zero-order valence-electron chi connectivity index (χ0n) is 16.4. The lowest BCUT2D eigenvalue weighted by Crippen LogP contribution is -2.29. The van der Waals surface area contributed by atoms with Crippen molar-refractivity contribution < 1.29 is 23.9 Å². The normalized spacial score (nSPS) is 13.7. The number of hydrogen-bond acceptors (Lipinski definition) is 5. The van der Waals surface area contributed by atoms with Crippen molar-refractivity contribution in [3.05, 3.63) is 99.5 Å². The lowest BCUT2D eigenvalue weighted by Gasteiger charge is -2.13. The molecule has 0 radical (unpaired) electrons. The van der Waals surface area contributed by atoms with Crippen LogP contribution < -0.4 is 4.90 Å². The van der Waals surface area contributed by atoms with E-state index in [0.29, 0.717) is 11.3 Å². The first-order chi connectivity index (χ1) is 14.9. The molecule has 0 saturated carbocycles. The summed E-state index contributed by atoms with van der Waals surface area (Å²) in [6.45, 7) is 1.49. The van der Waals surface area contributed by atoms with E-state index in [4.69, 9.17) is 4.74 Å². The number of rotatable bonds is 5. The molecule has 7 heteroatoms. The van der Waals surface area contributed by atoms with E-state index in [1.165, 1.54) is 25.1 Å². The molecule has 3 aromatic carbocycles. The third-order valence-corrected chi connectivity index (χ3v) is 5.45. The second-order valence-corrected chi connectivity index (χ2v) is 7.88. The van der Waals surface area contributed by atoms with E-state index in [0.717, 1.165) is 9.37 Å². The summed E-state index contributed by atoms with van der Waals surface area (Å²) in [6.07, 6.45) is -1.00. The molecule has 2 amide bonds. The van der Waals surface area contributed by atoms with Crippen molar-refractivity contribution in [3.63, 3.8) is 0 Å². The monoisotopic (exact) mass is 477 g/mol. The van der Waals surface area contributed by atoms with Gasteiger partial charge in [0.25, 0.3) is 11.8 Å². The first-order valence-electron chi connectivity index (χ1n) is 9.45. The number of fused-ring (bicyclic) bond motifs is 1. The summed E-state index contributed by atoms with van der Waals surface area (Å²) in [4.78, 5) is 51.7. The number of ketones is 1. The van der Waals surface area contributed by atoms with Gasteiger partial charge in [0, 0.05) is 10.0 Å². The van der Waals surface area contributed by atoms with Crippen molar-refractivity contribution in [2.45, 2.75) is 13.0 Å². The molecule has 0 aromatic heterocycles. The summed E-state index contributed by atoms with van der Waals surface area (Å²) in [6, 6.07) is 19.4. The highest BCUT2D eigenvalue weighted by Gasteiger charge is 2.37. The summed E-state index contributed by atoms with van der Waals surface area (Å²) in [7, 11) is 0. The van der Waals surface area contributed by atoms with Crippen molar-refractivity contribution in [1.82, 2.24) is 0 Å². The van der Waals surface area contributed by atoms with Gasteiger partial charge in [-0.15, -0.1) is 0 Å². The first kappa shape index (κ1) is 20.7. The molecule has 1 heterocycles. The van der Waals surface area contributed by atoms with Crippen LogP contribution >= 0.6 is 15.9 Å². The summed E-state index contributed by atoms with van der Waals surface area (Å²) in [5.41, 5.74) is 1.27. The summed E-state index contributed by atoms with van der Waals surface area (Å²) >= 11 is 3.32. The third kappa shape index (κ3) is 3.92. The van der Waals surface area contributed by atoms with Gasteiger partial charge in [0.2, 0.25) is 5.78 Å². The molecule has 6 nitrogen and oxygen atoms in total. The largest absolute Gasteiger partial charge is 0.451 e. The van der Waals surface area contributed by atoms with Crippen molar-refractivity contribution in [3.8, 4) is 0 Å². The van der Waals surface area contributed by atoms with Crippen LogP contribution in [0.1, 0.15) is 48.4 Å². The van der Waals surface area contributed by atoms with E-state index in [2.05, 4.69) is 15.9 Å². The average molecular weight is 478 g/mol. The van der Waals surface area contributed by atoms with Crippen LogP contribution in [0.15, 0.2) is 77.3 Å². The highest BCUT2D eigenvalue weighted by atomic mass is 79.9. The quantitative estimate of drug-likeness (QED) is 0.302. The van der Waals surface area contributed by atoms with Gasteiger partial charge in [0.1, 0.15) is 0 Å². The van der Waals surface area contributed by atoms with Gasteiger partial charge in [-0.3, -0.25) is 14.4 Å². The molecule has 0 aliphatic carbocycles. The molecule has 4 rings (SSSR count). The number of anilines is 1. The molecule has 0 spiro atoms. The van der Waals surface area contributed by atoms with E-state index in [1.807, 2.05) is 0 Å². The van der Waals surface area contributed by atoms with E-state index in [9.17, 15) is 19.2 Å². The van der Waals surface area contributed by atoms with Crippen LogP contribution in [0.2, 0.25) is 0 Å². The van der Waals surface area contributed by atoms with Crippen LogP contribution in [0, 0.1) is 0 Å². The predicted molar refractivity (Wildman–Crippen MR) is 117 cm³/mol. The van der Waals surface area contributed by atoms with E-state index in [-0.39, 0.29) is 22.5 Å². The van der Waals surface area contributed by atoms with Crippen LogP contribution in [0.25, 0.3) is 0 Å². The molecule has 0 bridgehead atoms. The lowest BCUT2D eigenvalue weighted by molar-refractivity contribution is 0.0318. The molecule has 1 atom stereocenters. The second kappa shape index (κ2) is 8.28.